The number of halogens is 3. The number of carbonyl (C=O) groups is 2. The SMILES string of the molecule is O=C(N[C@@H]1C[C@H]2CC[C@@H]1N2)C1(C(=O)C(F)(F)F)Cc2ccccc2S1. The van der Waals surface area contributed by atoms with E-state index in [1.807, 2.05) is 0 Å². The minimum Gasteiger partial charge on any atom is -0.350 e. The molecule has 4 nitrogen and oxygen atoms in total. The molecule has 1 amide bonds. The molecule has 25 heavy (non-hydrogen) atoms. The minimum atomic E-state index is -5.06. The van der Waals surface area contributed by atoms with Gasteiger partial charge in [0.2, 0.25) is 5.91 Å². The highest BCUT2D eigenvalue weighted by Gasteiger charge is 2.61. The van der Waals surface area contributed by atoms with Crippen LogP contribution in [0.1, 0.15) is 24.8 Å². The van der Waals surface area contributed by atoms with Gasteiger partial charge in [0.15, 0.2) is 4.75 Å². The van der Waals surface area contributed by atoms with Gasteiger partial charge in [-0.2, -0.15) is 13.2 Å². The molecule has 1 aromatic carbocycles. The second-order valence-electron chi connectivity index (χ2n) is 6.90. The number of benzene rings is 1. The van der Waals surface area contributed by atoms with Crippen LogP contribution in [0.3, 0.4) is 0 Å². The molecule has 2 bridgehead atoms. The van der Waals surface area contributed by atoms with Gasteiger partial charge in [-0.3, -0.25) is 9.59 Å². The van der Waals surface area contributed by atoms with Crippen LogP contribution in [0.2, 0.25) is 0 Å². The maximum absolute atomic E-state index is 13.2. The Labute approximate surface area is 146 Å². The van der Waals surface area contributed by atoms with E-state index in [-0.39, 0.29) is 18.5 Å². The second-order valence-corrected chi connectivity index (χ2v) is 8.24. The summed E-state index contributed by atoms with van der Waals surface area (Å²) in [6.45, 7) is 0. The van der Waals surface area contributed by atoms with Gasteiger partial charge >= 0.3 is 6.18 Å². The lowest BCUT2D eigenvalue weighted by Crippen LogP contribution is -2.58. The molecule has 4 atom stereocenters. The van der Waals surface area contributed by atoms with Crippen LogP contribution in [0.25, 0.3) is 0 Å². The van der Waals surface area contributed by atoms with Crippen molar-refractivity contribution in [3.05, 3.63) is 29.8 Å². The monoisotopic (exact) mass is 370 g/mol. The number of rotatable bonds is 3. The van der Waals surface area contributed by atoms with Crippen LogP contribution in [-0.2, 0) is 16.0 Å². The van der Waals surface area contributed by atoms with Crippen LogP contribution >= 0.6 is 11.8 Å². The van der Waals surface area contributed by atoms with Crippen LogP contribution < -0.4 is 10.6 Å². The fourth-order valence-corrected chi connectivity index (χ4v) is 5.48. The van der Waals surface area contributed by atoms with Crippen LogP contribution in [-0.4, -0.2) is 40.7 Å². The molecule has 1 aromatic rings. The zero-order valence-electron chi connectivity index (χ0n) is 13.2. The molecular formula is C17H17F3N2O2S. The summed E-state index contributed by atoms with van der Waals surface area (Å²) in [4.78, 5) is 25.6. The number of alkyl halides is 3. The number of amides is 1. The van der Waals surface area contributed by atoms with E-state index in [0.717, 1.165) is 24.6 Å². The van der Waals surface area contributed by atoms with Gasteiger partial charge in [0.1, 0.15) is 0 Å². The fourth-order valence-electron chi connectivity index (χ4n) is 4.10. The maximum Gasteiger partial charge on any atom is 0.452 e. The Morgan fingerprint density at radius 3 is 2.60 bits per heavy atom. The average molecular weight is 370 g/mol. The Morgan fingerprint density at radius 2 is 2.00 bits per heavy atom. The Hall–Kier alpha value is -1.54. The lowest BCUT2D eigenvalue weighted by Gasteiger charge is -2.30. The van der Waals surface area contributed by atoms with E-state index >= 15 is 0 Å². The van der Waals surface area contributed by atoms with E-state index in [4.69, 9.17) is 0 Å². The largest absolute Gasteiger partial charge is 0.452 e. The van der Waals surface area contributed by atoms with E-state index in [1.165, 1.54) is 0 Å². The number of thioether (sulfide) groups is 1. The van der Waals surface area contributed by atoms with Crippen molar-refractivity contribution in [2.24, 2.45) is 0 Å². The molecule has 1 unspecified atom stereocenters. The lowest BCUT2D eigenvalue weighted by atomic mass is 9.91. The number of fused-ring (bicyclic) bond motifs is 3. The van der Waals surface area contributed by atoms with E-state index in [1.54, 1.807) is 24.3 Å². The van der Waals surface area contributed by atoms with Crippen molar-refractivity contribution < 1.29 is 22.8 Å². The first-order chi connectivity index (χ1) is 11.8. The third-order valence-electron chi connectivity index (χ3n) is 5.30. The molecule has 0 spiro atoms. The van der Waals surface area contributed by atoms with Gasteiger partial charge in [-0.25, -0.2) is 0 Å². The van der Waals surface area contributed by atoms with Crippen LogP contribution in [0.4, 0.5) is 13.2 Å². The van der Waals surface area contributed by atoms with Crippen molar-refractivity contribution in [1.82, 2.24) is 10.6 Å². The van der Waals surface area contributed by atoms with Crippen molar-refractivity contribution in [2.75, 3.05) is 0 Å². The molecule has 2 saturated heterocycles. The molecule has 134 valence electrons. The van der Waals surface area contributed by atoms with Gasteiger partial charge < -0.3 is 10.6 Å². The third kappa shape index (κ3) is 2.75. The number of hydrogen-bond donors (Lipinski definition) is 2. The van der Waals surface area contributed by atoms with Gasteiger partial charge in [-0.1, -0.05) is 18.2 Å². The first kappa shape index (κ1) is 16.9. The van der Waals surface area contributed by atoms with E-state index in [2.05, 4.69) is 10.6 Å². The molecule has 3 heterocycles. The standard InChI is InChI=1S/C17H17F3N2O2S/c18-17(19,20)14(23)16(8-9-3-1-2-4-13(9)25-16)15(24)22-12-7-10-5-6-11(12)21-10/h1-4,10-12,21H,5-8H2,(H,22,24)/t10-,11+,12-,16?/m1/s1. The van der Waals surface area contributed by atoms with Crippen molar-refractivity contribution in [1.29, 1.82) is 0 Å². The summed E-state index contributed by atoms with van der Waals surface area (Å²) >= 11 is 0.728. The molecule has 0 aromatic heterocycles. The Balaban J connectivity index is 1.62. The third-order valence-corrected chi connectivity index (χ3v) is 6.79. The van der Waals surface area contributed by atoms with Gasteiger partial charge in [-0.05, 0) is 30.9 Å². The lowest BCUT2D eigenvalue weighted by molar-refractivity contribution is -0.175. The quantitative estimate of drug-likeness (QED) is 0.801. The number of ketones is 1. The number of hydrogen-bond acceptors (Lipinski definition) is 4. The molecule has 4 rings (SSSR count). The number of carbonyl (C=O) groups excluding carboxylic acids is 2. The Bertz CT molecular complexity index is 712. The smallest absolute Gasteiger partial charge is 0.350 e. The van der Waals surface area contributed by atoms with Crippen molar-refractivity contribution in [3.8, 4) is 0 Å². The Morgan fingerprint density at radius 1 is 1.24 bits per heavy atom. The van der Waals surface area contributed by atoms with Crippen molar-refractivity contribution in [3.63, 3.8) is 0 Å². The average Bonchev–Trinajstić information content (AvgIpc) is 3.26. The van der Waals surface area contributed by atoms with Crippen LogP contribution in [0.15, 0.2) is 29.2 Å². The van der Waals surface area contributed by atoms with Crippen molar-refractivity contribution in [2.45, 2.75) is 59.6 Å². The number of nitrogens with one attached hydrogen (secondary N) is 2. The van der Waals surface area contributed by atoms with Gasteiger partial charge in [0.05, 0.1) is 0 Å². The summed E-state index contributed by atoms with van der Waals surface area (Å²) in [7, 11) is 0. The normalized spacial score (nSPS) is 33.3. The van der Waals surface area contributed by atoms with Gasteiger partial charge in [-0.15, -0.1) is 11.8 Å². The fraction of sp³-hybridized carbons (Fsp3) is 0.529. The molecule has 0 saturated carbocycles. The summed E-state index contributed by atoms with van der Waals surface area (Å²) < 4.78 is 37.5. The minimum absolute atomic E-state index is 0.0840. The summed E-state index contributed by atoms with van der Waals surface area (Å²) in [6.07, 6.45) is -2.68. The molecule has 3 aliphatic rings. The van der Waals surface area contributed by atoms with E-state index < -0.39 is 22.6 Å². The second kappa shape index (κ2) is 5.74. The van der Waals surface area contributed by atoms with E-state index in [9.17, 15) is 22.8 Å². The van der Waals surface area contributed by atoms with Gasteiger partial charge in [0.25, 0.3) is 5.78 Å². The zero-order valence-corrected chi connectivity index (χ0v) is 14.0. The molecule has 0 aliphatic carbocycles. The highest BCUT2D eigenvalue weighted by molar-refractivity contribution is 8.02. The first-order valence-electron chi connectivity index (χ1n) is 8.25. The summed E-state index contributed by atoms with van der Waals surface area (Å²) in [6, 6.07) is 6.88. The molecule has 3 aliphatic heterocycles. The van der Waals surface area contributed by atoms with Gasteiger partial charge in [0, 0.05) is 29.4 Å². The Kier molecular flexibility index (Phi) is 3.88. The highest BCUT2D eigenvalue weighted by Crippen LogP contribution is 2.48. The first-order valence-corrected chi connectivity index (χ1v) is 9.07. The molecule has 0 radical (unpaired) electrons. The molecule has 2 fully saturated rings. The summed E-state index contributed by atoms with van der Waals surface area (Å²) in [5, 5.41) is 6.07. The summed E-state index contributed by atoms with van der Waals surface area (Å²) in [5.41, 5.74) is 0.603. The predicted octanol–water partition coefficient (Wildman–Crippen LogP) is 2.21. The van der Waals surface area contributed by atoms with Crippen LogP contribution in [0.5, 0.6) is 0 Å². The topological polar surface area (TPSA) is 58.2 Å². The van der Waals surface area contributed by atoms with E-state index in [0.29, 0.717) is 22.9 Å². The molecular weight excluding hydrogens is 353 g/mol. The summed E-state index contributed by atoms with van der Waals surface area (Å²) in [5.74, 6) is -2.80. The molecule has 2 N–H and O–H groups in total. The van der Waals surface area contributed by atoms with Crippen molar-refractivity contribution >= 4 is 23.5 Å². The maximum atomic E-state index is 13.2. The molecule has 8 heteroatoms. The number of Topliss-reactive ketones (excluding diaryl/α,β-unsaturated/α-hetero) is 1. The highest BCUT2D eigenvalue weighted by atomic mass is 32.2. The van der Waals surface area contributed by atoms with Crippen LogP contribution in [0, 0.1) is 0 Å². The zero-order chi connectivity index (χ0) is 17.8. The predicted molar refractivity (Wildman–Crippen MR) is 86.3 cm³/mol.